The molecule has 2 aromatic rings. The third-order valence-electron chi connectivity index (χ3n) is 4.43. The van der Waals surface area contributed by atoms with Gasteiger partial charge in [0.25, 0.3) is 0 Å². The molecule has 0 spiro atoms. The number of nitrogens with zero attached hydrogens (tertiary/aromatic N) is 1. The highest BCUT2D eigenvalue weighted by molar-refractivity contribution is 5.99. The van der Waals surface area contributed by atoms with Gasteiger partial charge >= 0.3 is 6.03 Å². The Kier molecular flexibility index (Phi) is 5.04. The maximum atomic E-state index is 12.1. The Morgan fingerprint density at radius 1 is 0.875 bits per heavy atom. The predicted molar refractivity (Wildman–Crippen MR) is 101 cm³/mol. The zero-order chi connectivity index (χ0) is 16.9. The molecule has 1 heterocycles. The van der Waals surface area contributed by atoms with Gasteiger partial charge in [-0.2, -0.15) is 0 Å². The minimum Gasteiger partial charge on any atom is -0.372 e. The van der Waals surface area contributed by atoms with Gasteiger partial charge in [-0.1, -0.05) is 26.0 Å². The molecule has 2 aromatic carbocycles. The van der Waals surface area contributed by atoms with Crippen molar-refractivity contribution in [1.29, 1.82) is 0 Å². The molecular formula is C20H25N3O. The molecule has 1 aliphatic heterocycles. The predicted octanol–water partition coefficient (Wildman–Crippen LogP) is 5.05. The Balaban J connectivity index is 1.56. The minimum absolute atomic E-state index is 0.221. The van der Waals surface area contributed by atoms with Gasteiger partial charge < -0.3 is 15.5 Å². The van der Waals surface area contributed by atoms with E-state index in [4.69, 9.17) is 0 Å². The van der Waals surface area contributed by atoms with Crippen LogP contribution in [0, 0.1) is 0 Å². The fourth-order valence-corrected chi connectivity index (χ4v) is 2.98. The highest BCUT2D eigenvalue weighted by Crippen LogP contribution is 2.22. The van der Waals surface area contributed by atoms with Gasteiger partial charge in [-0.3, -0.25) is 0 Å². The normalized spacial score (nSPS) is 14.0. The van der Waals surface area contributed by atoms with Crippen LogP contribution < -0.4 is 15.5 Å². The highest BCUT2D eigenvalue weighted by Gasteiger charge is 2.12. The highest BCUT2D eigenvalue weighted by atomic mass is 16.2. The van der Waals surface area contributed by atoms with Crippen LogP contribution in [0.15, 0.2) is 48.5 Å². The van der Waals surface area contributed by atoms with Crippen LogP contribution in [0.3, 0.4) is 0 Å². The molecule has 4 heteroatoms. The van der Waals surface area contributed by atoms with Crippen LogP contribution >= 0.6 is 0 Å². The molecule has 24 heavy (non-hydrogen) atoms. The third kappa shape index (κ3) is 4.07. The lowest BCUT2D eigenvalue weighted by molar-refractivity contribution is 0.262. The molecule has 0 saturated carbocycles. The molecule has 1 aliphatic rings. The summed E-state index contributed by atoms with van der Waals surface area (Å²) in [5.41, 5.74) is 4.08. The standard InChI is InChI=1S/C20H25N3O/c1-15(2)16-5-7-17(8-6-16)21-20(24)22-18-9-11-19(12-10-18)23-13-3-4-14-23/h5-12,15H,3-4,13-14H2,1-2H3,(H2,21,22,24). The molecule has 0 atom stereocenters. The molecule has 0 aliphatic carbocycles. The Bertz CT molecular complexity index is 671. The first-order valence-electron chi connectivity index (χ1n) is 8.65. The second-order valence-electron chi connectivity index (χ2n) is 6.60. The number of nitrogens with one attached hydrogen (secondary N) is 2. The first kappa shape index (κ1) is 16.4. The number of rotatable bonds is 4. The topological polar surface area (TPSA) is 44.4 Å². The van der Waals surface area contributed by atoms with E-state index >= 15 is 0 Å². The van der Waals surface area contributed by atoms with Gasteiger partial charge in [-0.25, -0.2) is 4.79 Å². The van der Waals surface area contributed by atoms with Gasteiger partial charge in [-0.15, -0.1) is 0 Å². The van der Waals surface area contributed by atoms with Crippen molar-refractivity contribution in [1.82, 2.24) is 0 Å². The van der Waals surface area contributed by atoms with Crippen molar-refractivity contribution in [2.24, 2.45) is 0 Å². The van der Waals surface area contributed by atoms with E-state index in [1.54, 1.807) is 0 Å². The first-order valence-corrected chi connectivity index (χ1v) is 8.65. The number of hydrogen-bond donors (Lipinski definition) is 2. The Morgan fingerprint density at radius 3 is 1.88 bits per heavy atom. The molecule has 3 rings (SSSR count). The second-order valence-corrected chi connectivity index (χ2v) is 6.60. The van der Waals surface area contributed by atoms with Crippen molar-refractivity contribution in [3.63, 3.8) is 0 Å². The number of benzene rings is 2. The van der Waals surface area contributed by atoms with E-state index in [-0.39, 0.29) is 6.03 Å². The molecule has 0 radical (unpaired) electrons. The lowest BCUT2D eigenvalue weighted by Gasteiger charge is -2.17. The van der Waals surface area contributed by atoms with E-state index in [1.165, 1.54) is 24.1 Å². The SMILES string of the molecule is CC(C)c1ccc(NC(=O)Nc2ccc(N3CCCC3)cc2)cc1. The summed E-state index contributed by atoms with van der Waals surface area (Å²) in [4.78, 5) is 14.5. The van der Waals surface area contributed by atoms with E-state index in [0.29, 0.717) is 5.92 Å². The molecule has 0 unspecified atom stereocenters. The average Bonchev–Trinajstić information content (AvgIpc) is 3.10. The number of amides is 2. The quantitative estimate of drug-likeness (QED) is 0.826. The molecule has 2 amide bonds. The van der Waals surface area contributed by atoms with Crippen molar-refractivity contribution < 1.29 is 4.79 Å². The summed E-state index contributed by atoms with van der Waals surface area (Å²) < 4.78 is 0. The summed E-state index contributed by atoms with van der Waals surface area (Å²) in [6, 6.07) is 15.8. The summed E-state index contributed by atoms with van der Waals surface area (Å²) >= 11 is 0. The van der Waals surface area contributed by atoms with Crippen LogP contribution in [0.25, 0.3) is 0 Å². The van der Waals surface area contributed by atoms with Gasteiger partial charge in [-0.05, 0) is 60.7 Å². The van der Waals surface area contributed by atoms with Crippen molar-refractivity contribution in [3.05, 3.63) is 54.1 Å². The maximum absolute atomic E-state index is 12.1. The van der Waals surface area contributed by atoms with Gasteiger partial charge in [0, 0.05) is 30.2 Å². The third-order valence-corrected chi connectivity index (χ3v) is 4.43. The van der Waals surface area contributed by atoms with Gasteiger partial charge in [0.2, 0.25) is 0 Å². The van der Waals surface area contributed by atoms with E-state index in [1.807, 2.05) is 36.4 Å². The van der Waals surface area contributed by atoms with Gasteiger partial charge in [0.15, 0.2) is 0 Å². The fourth-order valence-electron chi connectivity index (χ4n) is 2.98. The van der Waals surface area contributed by atoms with Crippen molar-refractivity contribution in [2.75, 3.05) is 28.6 Å². The summed E-state index contributed by atoms with van der Waals surface area (Å²) in [6.07, 6.45) is 2.52. The summed E-state index contributed by atoms with van der Waals surface area (Å²) in [6.45, 7) is 6.56. The second kappa shape index (κ2) is 7.39. The van der Waals surface area contributed by atoms with Crippen LogP contribution in [-0.4, -0.2) is 19.1 Å². The number of anilines is 3. The smallest absolute Gasteiger partial charge is 0.323 e. The summed E-state index contributed by atoms with van der Waals surface area (Å²) in [5.74, 6) is 0.488. The van der Waals surface area contributed by atoms with E-state index in [2.05, 4.69) is 41.5 Å². The van der Waals surface area contributed by atoms with E-state index in [9.17, 15) is 4.79 Å². The molecule has 0 aromatic heterocycles. The lowest BCUT2D eigenvalue weighted by Crippen LogP contribution is -2.20. The molecule has 0 bridgehead atoms. The van der Waals surface area contributed by atoms with Crippen LogP contribution in [0.4, 0.5) is 21.9 Å². The molecule has 2 N–H and O–H groups in total. The fraction of sp³-hybridized carbons (Fsp3) is 0.350. The maximum Gasteiger partial charge on any atom is 0.323 e. The van der Waals surface area contributed by atoms with Crippen LogP contribution in [0.2, 0.25) is 0 Å². The molecule has 126 valence electrons. The Labute approximate surface area is 143 Å². The average molecular weight is 323 g/mol. The van der Waals surface area contributed by atoms with Crippen molar-refractivity contribution >= 4 is 23.1 Å². The molecule has 1 saturated heterocycles. The van der Waals surface area contributed by atoms with Gasteiger partial charge in [0.1, 0.15) is 0 Å². The Morgan fingerprint density at radius 2 is 1.38 bits per heavy atom. The van der Waals surface area contributed by atoms with Crippen LogP contribution in [-0.2, 0) is 0 Å². The van der Waals surface area contributed by atoms with Crippen molar-refractivity contribution in [2.45, 2.75) is 32.6 Å². The van der Waals surface area contributed by atoms with Gasteiger partial charge in [0.05, 0.1) is 0 Å². The van der Waals surface area contributed by atoms with Crippen LogP contribution in [0.5, 0.6) is 0 Å². The molecule has 1 fully saturated rings. The minimum atomic E-state index is -0.221. The molecule has 4 nitrogen and oxygen atoms in total. The largest absolute Gasteiger partial charge is 0.372 e. The summed E-state index contributed by atoms with van der Waals surface area (Å²) in [7, 11) is 0. The zero-order valence-corrected chi connectivity index (χ0v) is 14.4. The zero-order valence-electron chi connectivity index (χ0n) is 14.4. The molecular weight excluding hydrogens is 298 g/mol. The number of carbonyl (C=O) groups is 1. The number of carbonyl (C=O) groups excluding carboxylic acids is 1. The number of hydrogen-bond acceptors (Lipinski definition) is 2. The number of urea groups is 1. The van der Waals surface area contributed by atoms with Crippen LogP contribution in [0.1, 0.15) is 38.2 Å². The lowest BCUT2D eigenvalue weighted by atomic mass is 10.0. The van der Waals surface area contributed by atoms with E-state index in [0.717, 1.165) is 24.5 Å². The van der Waals surface area contributed by atoms with E-state index < -0.39 is 0 Å². The van der Waals surface area contributed by atoms with Crippen molar-refractivity contribution in [3.8, 4) is 0 Å². The first-order chi connectivity index (χ1) is 11.6. The Hall–Kier alpha value is -2.49. The monoisotopic (exact) mass is 323 g/mol. The summed E-state index contributed by atoms with van der Waals surface area (Å²) in [5, 5.41) is 5.74.